The molecule has 0 fully saturated rings. The topological polar surface area (TPSA) is 0 Å². The van der Waals surface area contributed by atoms with Gasteiger partial charge >= 0.3 is 0 Å². The van der Waals surface area contributed by atoms with Crippen LogP contribution in [0.25, 0.3) is 0 Å². The molecule has 0 saturated carbocycles. The van der Waals surface area contributed by atoms with E-state index in [0.29, 0.717) is 12.0 Å². The lowest BCUT2D eigenvalue weighted by atomic mass is 9.83. The van der Waals surface area contributed by atoms with Crippen LogP contribution in [-0.2, 0) is 6.42 Å². The predicted molar refractivity (Wildman–Crippen MR) is 77.9 cm³/mol. The Morgan fingerprint density at radius 3 is 2.37 bits per heavy atom. The first-order valence-corrected chi connectivity index (χ1v) is 6.76. The maximum atomic E-state index is 13.5. The Hall–Kier alpha value is -0.890. The van der Waals surface area contributed by atoms with Crippen LogP contribution >= 0.6 is 11.6 Å². The van der Waals surface area contributed by atoms with Gasteiger partial charge in [-0.25, -0.2) is 8.78 Å². The van der Waals surface area contributed by atoms with E-state index in [2.05, 4.69) is 6.58 Å². The molecule has 0 amide bonds. The van der Waals surface area contributed by atoms with Crippen molar-refractivity contribution < 1.29 is 8.78 Å². The van der Waals surface area contributed by atoms with Crippen molar-refractivity contribution in [1.82, 2.24) is 0 Å². The molecule has 0 spiro atoms. The number of halogens is 3. The molecule has 19 heavy (non-hydrogen) atoms. The van der Waals surface area contributed by atoms with Gasteiger partial charge in [0.15, 0.2) is 0 Å². The molecule has 0 aliphatic rings. The van der Waals surface area contributed by atoms with Crippen LogP contribution in [-0.4, -0.2) is 4.87 Å². The molecular weight excluding hydrogens is 266 g/mol. The zero-order valence-electron chi connectivity index (χ0n) is 11.9. The molecule has 3 heteroatoms. The Morgan fingerprint density at radius 1 is 1.37 bits per heavy atom. The third kappa shape index (κ3) is 4.61. The zero-order valence-corrected chi connectivity index (χ0v) is 12.7. The summed E-state index contributed by atoms with van der Waals surface area (Å²) in [4.78, 5) is -0.473. The Morgan fingerprint density at radius 2 is 1.95 bits per heavy atom. The second kappa shape index (κ2) is 6.04. The Labute approximate surface area is 119 Å². The van der Waals surface area contributed by atoms with E-state index in [1.807, 2.05) is 20.8 Å². The molecule has 106 valence electrons. The lowest BCUT2D eigenvalue weighted by molar-refractivity contribution is 0.372. The highest BCUT2D eigenvalue weighted by Gasteiger charge is 2.28. The highest BCUT2D eigenvalue weighted by atomic mass is 35.5. The maximum absolute atomic E-state index is 13.5. The average molecular weight is 287 g/mol. The van der Waals surface area contributed by atoms with Crippen molar-refractivity contribution in [2.75, 3.05) is 0 Å². The van der Waals surface area contributed by atoms with Crippen LogP contribution in [0, 0.1) is 11.7 Å². The molecule has 0 aliphatic carbocycles. The summed E-state index contributed by atoms with van der Waals surface area (Å²) >= 11 is 6.36. The molecule has 2 unspecified atom stereocenters. The van der Waals surface area contributed by atoms with Crippen LogP contribution in [0.3, 0.4) is 0 Å². The van der Waals surface area contributed by atoms with Crippen LogP contribution in [0.4, 0.5) is 8.78 Å². The highest BCUT2D eigenvalue weighted by molar-refractivity contribution is 6.23. The van der Waals surface area contributed by atoms with E-state index >= 15 is 0 Å². The smallest absolute Gasteiger partial charge is 0.123 e. The van der Waals surface area contributed by atoms with Gasteiger partial charge < -0.3 is 0 Å². The number of hydrogen-bond donors (Lipinski definition) is 0. The normalized spacial score (nSPS) is 15.1. The molecule has 0 N–H and O–H groups in total. The van der Waals surface area contributed by atoms with E-state index in [1.54, 1.807) is 6.07 Å². The van der Waals surface area contributed by atoms with Gasteiger partial charge in [-0.3, -0.25) is 0 Å². The maximum Gasteiger partial charge on any atom is 0.123 e. The van der Waals surface area contributed by atoms with E-state index < -0.39 is 16.9 Å². The van der Waals surface area contributed by atoms with Gasteiger partial charge in [-0.1, -0.05) is 18.2 Å². The van der Waals surface area contributed by atoms with Gasteiger partial charge in [0.05, 0.1) is 0 Å². The van der Waals surface area contributed by atoms with Crippen LogP contribution in [0.5, 0.6) is 0 Å². The van der Waals surface area contributed by atoms with E-state index in [-0.39, 0.29) is 5.92 Å². The molecule has 2 atom stereocenters. The summed E-state index contributed by atoms with van der Waals surface area (Å²) in [6.45, 7) is 11.1. The molecular formula is C16H21ClF2. The number of alkyl halides is 2. The highest BCUT2D eigenvalue weighted by Crippen LogP contribution is 2.33. The van der Waals surface area contributed by atoms with Crippen molar-refractivity contribution in [3.05, 3.63) is 47.3 Å². The van der Waals surface area contributed by atoms with Crippen molar-refractivity contribution in [3.63, 3.8) is 0 Å². The molecule has 0 aromatic heterocycles. The number of benzene rings is 1. The molecule has 1 aromatic carbocycles. The van der Waals surface area contributed by atoms with Crippen molar-refractivity contribution in [2.24, 2.45) is 5.92 Å². The van der Waals surface area contributed by atoms with Gasteiger partial charge in [-0.15, -0.1) is 11.6 Å². The third-order valence-electron chi connectivity index (χ3n) is 3.30. The third-order valence-corrected chi connectivity index (χ3v) is 3.57. The van der Waals surface area contributed by atoms with Gasteiger partial charge in [-0.05, 0) is 57.4 Å². The number of rotatable bonds is 5. The van der Waals surface area contributed by atoms with Crippen molar-refractivity contribution in [2.45, 2.75) is 45.2 Å². The van der Waals surface area contributed by atoms with Gasteiger partial charge in [0.25, 0.3) is 0 Å². The monoisotopic (exact) mass is 286 g/mol. The summed E-state index contributed by atoms with van der Waals surface area (Å²) in [5.74, 6) is -0.399. The first-order chi connectivity index (χ1) is 8.61. The number of hydrogen-bond acceptors (Lipinski definition) is 0. The Kier molecular flexibility index (Phi) is 5.14. The molecule has 0 saturated heterocycles. The fourth-order valence-electron chi connectivity index (χ4n) is 2.26. The Bertz CT molecular complexity index is 458. The molecule has 1 rings (SSSR count). The number of allylic oxidation sites excluding steroid dienone is 1. The Balaban J connectivity index is 3.07. The van der Waals surface area contributed by atoms with E-state index in [0.717, 1.165) is 11.1 Å². The molecule has 1 aromatic rings. The lowest BCUT2D eigenvalue weighted by Crippen LogP contribution is -2.27. The quantitative estimate of drug-likeness (QED) is 0.487. The minimum Gasteiger partial charge on any atom is -0.243 e. The SMILES string of the molecule is C=C(C)C(Cc1cc(F)cc(C(C)F)c1)C(C)(C)Cl. The van der Waals surface area contributed by atoms with Gasteiger partial charge in [-0.2, -0.15) is 0 Å². The summed E-state index contributed by atoms with van der Waals surface area (Å²) in [5, 5.41) is 0. The van der Waals surface area contributed by atoms with Gasteiger partial charge in [0.1, 0.15) is 12.0 Å². The summed E-state index contributed by atoms with van der Waals surface area (Å²) in [6, 6.07) is 4.37. The van der Waals surface area contributed by atoms with Gasteiger partial charge in [0.2, 0.25) is 0 Å². The van der Waals surface area contributed by atoms with E-state index in [4.69, 9.17) is 11.6 Å². The fourth-order valence-corrected chi connectivity index (χ4v) is 2.52. The summed E-state index contributed by atoms with van der Waals surface area (Å²) in [5.41, 5.74) is 2.06. The van der Waals surface area contributed by atoms with Crippen LogP contribution in [0.1, 0.15) is 45.0 Å². The largest absolute Gasteiger partial charge is 0.243 e. The second-order valence-corrected chi connectivity index (χ2v) is 6.65. The molecule has 0 radical (unpaired) electrons. The summed E-state index contributed by atoms with van der Waals surface area (Å²) in [6.07, 6.45) is -0.620. The first-order valence-electron chi connectivity index (χ1n) is 6.39. The van der Waals surface area contributed by atoms with Crippen molar-refractivity contribution in [3.8, 4) is 0 Å². The second-order valence-electron chi connectivity index (χ2n) is 5.68. The van der Waals surface area contributed by atoms with Crippen molar-refractivity contribution in [1.29, 1.82) is 0 Å². The fraction of sp³-hybridized carbons (Fsp3) is 0.500. The molecule has 0 nitrogen and oxygen atoms in total. The first kappa shape index (κ1) is 16.2. The van der Waals surface area contributed by atoms with Crippen LogP contribution in [0.2, 0.25) is 0 Å². The van der Waals surface area contributed by atoms with E-state index in [1.165, 1.54) is 19.1 Å². The van der Waals surface area contributed by atoms with E-state index in [9.17, 15) is 8.78 Å². The minimum atomic E-state index is -1.18. The average Bonchev–Trinajstić information content (AvgIpc) is 2.23. The predicted octanol–water partition coefficient (Wildman–Crippen LogP) is 5.61. The van der Waals surface area contributed by atoms with Gasteiger partial charge in [0, 0.05) is 10.8 Å². The molecule has 0 heterocycles. The summed E-state index contributed by atoms with van der Waals surface area (Å²) < 4.78 is 26.8. The zero-order chi connectivity index (χ0) is 14.8. The van der Waals surface area contributed by atoms with Crippen LogP contribution in [0.15, 0.2) is 30.4 Å². The molecule has 0 bridgehead atoms. The lowest BCUT2D eigenvalue weighted by Gasteiger charge is -2.29. The standard InChI is InChI=1S/C16H21ClF2/c1-10(2)15(16(4,5)17)8-12-6-13(11(3)18)9-14(19)7-12/h6-7,9,11,15H,1,8H2,2-5H3. The van der Waals surface area contributed by atoms with Crippen molar-refractivity contribution >= 4 is 11.6 Å². The summed E-state index contributed by atoms with van der Waals surface area (Å²) in [7, 11) is 0. The minimum absolute atomic E-state index is 0.0127. The molecule has 0 aliphatic heterocycles. The van der Waals surface area contributed by atoms with Crippen LogP contribution < -0.4 is 0 Å².